The van der Waals surface area contributed by atoms with Crippen LogP contribution in [0.3, 0.4) is 0 Å². The summed E-state index contributed by atoms with van der Waals surface area (Å²) in [5, 5.41) is 6.89. The Balaban J connectivity index is 2.20. The minimum absolute atomic E-state index is 0.603. The van der Waals surface area contributed by atoms with E-state index in [0.29, 0.717) is 5.92 Å². The summed E-state index contributed by atoms with van der Waals surface area (Å²) in [7, 11) is 0. The van der Waals surface area contributed by atoms with Crippen molar-refractivity contribution in [1.82, 2.24) is 10.6 Å². The number of rotatable bonds is 3. The summed E-state index contributed by atoms with van der Waals surface area (Å²) >= 11 is 3.55. The van der Waals surface area contributed by atoms with Crippen molar-refractivity contribution in [3.05, 3.63) is 33.8 Å². The molecule has 2 nitrogen and oxygen atoms in total. The zero-order chi connectivity index (χ0) is 10.7. The Morgan fingerprint density at radius 2 is 2.40 bits per heavy atom. The van der Waals surface area contributed by atoms with Gasteiger partial charge in [0.05, 0.1) is 0 Å². The van der Waals surface area contributed by atoms with Crippen LogP contribution in [-0.4, -0.2) is 19.6 Å². The second-order valence-electron chi connectivity index (χ2n) is 3.98. The van der Waals surface area contributed by atoms with Crippen LogP contribution in [0.25, 0.3) is 0 Å². The molecule has 0 fully saturated rings. The maximum Gasteiger partial charge on any atom is 0.0208 e. The third-order valence-electron chi connectivity index (χ3n) is 2.89. The molecule has 1 aliphatic rings. The Hall–Kier alpha value is -0.380. The molecule has 1 aromatic rings. The van der Waals surface area contributed by atoms with Crippen molar-refractivity contribution in [3.63, 3.8) is 0 Å². The van der Waals surface area contributed by atoms with E-state index in [-0.39, 0.29) is 0 Å². The van der Waals surface area contributed by atoms with Crippen molar-refractivity contribution < 1.29 is 0 Å². The van der Waals surface area contributed by atoms with Gasteiger partial charge in [-0.2, -0.15) is 0 Å². The van der Waals surface area contributed by atoms with E-state index in [4.69, 9.17) is 0 Å². The van der Waals surface area contributed by atoms with E-state index in [1.54, 1.807) is 0 Å². The molecule has 1 atom stereocenters. The van der Waals surface area contributed by atoms with Gasteiger partial charge < -0.3 is 10.6 Å². The van der Waals surface area contributed by atoms with Gasteiger partial charge in [0.1, 0.15) is 0 Å². The summed E-state index contributed by atoms with van der Waals surface area (Å²) in [5.41, 5.74) is 2.93. The molecule has 0 bridgehead atoms. The molecule has 0 saturated heterocycles. The molecule has 0 saturated carbocycles. The van der Waals surface area contributed by atoms with Crippen molar-refractivity contribution in [3.8, 4) is 0 Å². The molecular formula is C12H17BrN2. The molecule has 0 aliphatic carbocycles. The Morgan fingerprint density at radius 1 is 1.53 bits per heavy atom. The van der Waals surface area contributed by atoms with Gasteiger partial charge in [-0.3, -0.25) is 0 Å². The fourth-order valence-corrected chi connectivity index (χ4v) is 2.48. The molecule has 15 heavy (non-hydrogen) atoms. The average molecular weight is 269 g/mol. The Morgan fingerprint density at radius 3 is 3.20 bits per heavy atom. The summed E-state index contributed by atoms with van der Waals surface area (Å²) in [6, 6.07) is 6.60. The van der Waals surface area contributed by atoms with Gasteiger partial charge in [0, 0.05) is 30.0 Å². The van der Waals surface area contributed by atoms with Gasteiger partial charge >= 0.3 is 0 Å². The molecule has 2 N–H and O–H groups in total. The first-order chi connectivity index (χ1) is 7.31. The second-order valence-corrected chi connectivity index (χ2v) is 4.89. The lowest BCUT2D eigenvalue weighted by Gasteiger charge is -2.26. The molecule has 0 spiro atoms. The van der Waals surface area contributed by atoms with Crippen LogP contribution in [0.5, 0.6) is 0 Å². The summed E-state index contributed by atoms with van der Waals surface area (Å²) in [6.45, 7) is 6.34. The summed E-state index contributed by atoms with van der Waals surface area (Å²) < 4.78 is 1.18. The Labute approximate surface area is 99.6 Å². The first kappa shape index (κ1) is 11.1. The highest BCUT2D eigenvalue weighted by molar-refractivity contribution is 9.10. The molecule has 1 heterocycles. The topological polar surface area (TPSA) is 24.1 Å². The maximum absolute atomic E-state index is 3.55. The lowest BCUT2D eigenvalue weighted by Crippen LogP contribution is -2.34. The van der Waals surface area contributed by atoms with Crippen molar-refractivity contribution in [2.75, 3.05) is 19.6 Å². The Bertz CT molecular complexity index is 338. The molecule has 1 unspecified atom stereocenters. The van der Waals surface area contributed by atoms with Crippen LogP contribution in [0.15, 0.2) is 22.7 Å². The van der Waals surface area contributed by atoms with Gasteiger partial charge in [-0.15, -0.1) is 0 Å². The van der Waals surface area contributed by atoms with E-state index >= 15 is 0 Å². The number of nitrogens with one attached hydrogen (secondary N) is 2. The molecule has 0 radical (unpaired) electrons. The van der Waals surface area contributed by atoms with Crippen LogP contribution >= 0.6 is 15.9 Å². The van der Waals surface area contributed by atoms with E-state index in [1.807, 2.05) is 0 Å². The molecular weight excluding hydrogens is 252 g/mol. The third kappa shape index (κ3) is 2.60. The standard InChI is InChI=1S/C12H17BrN2/c1-2-14-7-10-8-15-6-9-3-4-11(13)5-12(9)10/h3-5,10,14-15H,2,6-8H2,1H3. The third-order valence-corrected chi connectivity index (χ3v) is 3.39. The smallest absolute Gasteiger partial charge is 0.0208 e. The van der Waals surface area contributed by atoms with E-state index in [9.17, 15) is 0 Å². The van der Waals surface area contributed by atoms with Crippen molar-refractivity contribution >= 4 is 15.9 Å². The van der Waals surface area contributed by atoms with Crippen LogP contribution in [0.4, 0.5) is 0 Å². The highest BCUT2D eigenvalue weighted by atomic mass is 79.9. The Kier molecular flexibility index (Phi) is 3.78. The van der Waals surface area contributed by atoms with Crippen molar-refractivity contribution in [1.29, 1.82) is 0 Å². The first-order valence-corrected chi connectivity index (χ1v) is 6.30. The van der Waals surface area contributed by atoms with Crippen LogP contribution in [0.1, 0.15) is 24.0 Å². The van der Waals surface area contributed by atoms with Gasteiger partial charge in [0.2, 0.25) is 0 Å². The lowest BCUT2D eigenvalue weighted by molar-refractivity contribution is 0.509. The molecule has 1 aromatic carbocycles. The van der Waals surface area contributed by atoms with Gasteiger partial charge in [0.25, 0.3) is 0 Å². The summed E-state index contributed by atoms with van der Waals surface area (Å²) in [6.07, 6.45) is 0. The fourth-order valence-electron chi connectivity index (χ4n) is 2.10. The number of benzene rings is 1. The van der Waals surface area contributed by atoms with E-state index in [0.717, 1.165) is 26.2 Å². The fraction of sp³-hybridized carbons (Fsp3) is 0.500. The predicted molar refractivity (Wildman–Crippen MR) is 67.1 cm³/mol. The molecule has 0 aromatic heterocycles. The number of hydrogen-bond acceptors (Lipinski definition) is 2. The van der Waals surface area contributed by atoms with Gasteiger partial charge in [-0.05, 0) is 29.8 Å². The SMILES string of the molecule is CCNCC1CNCc2ccc(Br)cc21. The number of fused-ring (bicyclic) bond motifs is 1. The largest absolute Gasteiger partial charge is 0.316 e. The predicted octanol–water partition coefficient (Wildman–Crippen LogP) is 2.25. The molecule has 1 aliphatic heterocycles. The maximum atomic E-state index is 3.55. The van der Waals surface area contributed by atoms with Crippen molar-refractivity contribution in [2.24, 2.45) is 0 Å². The number of halogens is 1. The van der Waals surface area contributed by atoms with E-state index in [1.165, 1.54) is 15.6 Å². The lowest BCUT2D eigenvalue weighted by atomic mass is 9.91. The molecule has 3 heteroatoms. The van der Waals surface area contributed by atoms with E-state index in [2.05, 4.69) is 51.7 Å². The second kappa shape index (κ2) is 5.10. The van der Waals surface area contributed by atoms with Gasteiger partial charge in [-0.25, -0.2) is 0 Å². The van der Waals surface area contributed by atoms with Gasteiger partial charge in [0.15, 0.2) is 0 Å². The normalized spacial score (nSPS) is 20.0. The zero-order valence-electron chi connectivity index (χ0n) is 9.02. The highest BCUT2D eigenvalue weighted by Crippen LogP contribution is 2.26. The van der Waals surface area contributed by atoms with Crippen molar-refractivity contribution in [2.45, 2.75) is 19.4 Å². The summed E-state index contributed by atoms with van der Waals surface area (Å²) in [5.74, 6) is 0.603. The summed E-state index contributed by atoms with van der Waals surface area (Å²) in [4.78, 5) is 0. The van der Waals surface area contributed by atoms with Crippen LogP contribution in [-0.2, 0) is 6.54 Å². The first-order valence-electron chi connectivity index (χ1n) is 5.51. The monoisotopic (exact) mass is 268 g/mol. The van der Waals surface area contributed by atoms with Gasteiger partial charge in [-0.1, -0.05) is 28.9 Å². The van der Waals surface area contributed by atoms with Crippen LogP contribution < -0.4 is 10.6 Å². The van der Waals surface area contributed by atoms with Crippen LogP contribution in [0.2, 0.25) is 0 Å². The van der Waals surface area contributed by atoms with E-state index < -0.39 is 0 Å². The molecule has 82 valence electrons. The minimum atomic E-state index is 0.603. The number of likely N-dealkylation sites (N-methyl/N-ethyl adjacent to an activating group) is 1. The number of hydrogen-bond donors (Lipinski definition) is 2. The van der Waals surface area contributed by atoms with Crippen LogP contribution in [0, 0.1) is 0 Å². The quantitative estimate of drug-likeness (QED) is 0.879. The highest BCUT2D eigenvalue weighted by Gasteiger charge is 2.19. The molecule has 0 amide bonds. The molecule has 2 rings (SSSR count). The zero-order valence-corrected chi connectivity index (χ0v) is 10.6. The minimum Gasteiger partial charge on any atom is -0.316 e. The average Bonchev–Trinajstić information content (AvgIpc) is 2.26.